The number of nitrogens with two attached hydrogens (primary N) is 1. The Bertz CT molecular complexity index is 382. The Morgan fingerprint density at radius 1 is 1.71 bits per heavy atom. The molecule has 1 aliphatic rings. The van der Waals surface area contributed by atoms with Gasteiger partial charge in [-0.25, -0.2) is 0 Å². The first-order chi connectivity index (χ1) is 6.74. The minimum Gasteiger partial charge on any atom is -0.337 e. The van der Waals surface area contributed by atoms with Crippen LogP contribution in [-0.4, -0.2) is 4.57 Å². The summed E-state index contributed by atoms with van der Waals surface area (Å²) in [4.78, 5) is 0. The van der Waals surface area contributed by atoms with Gasteiger partial charge in [0.05, 0.1) is 6.54 Å². The highest BCUT2D eigenvalue weighted by Gasteiger charge is 2.21. The molecule has 0 saturated carbocycles. The van der Waals surface area contributed by atoms with Gasteiger partial charge in [-0.2, -0.15) is 0 Å². The molecule has 2 heteroatoms. The molecule has 0 aromatic carbocycles. The molecule has 74 valence electrons. The average Bonchev–Trinajstić information content (AvgIpc) is 2.47. The molecule has 1 aromatic heterocycles. The largest absolute Gasteiger partial charge is 0.337 e. The molecule has 1 aliphatic carbocycles. The van der Waals surface area contributed by atoms with Crippen molar-refractivity contribution in [2.75, 3.05) is 0 Å². The zero-order valence-corrected chi connectivity index (χ0v) is 8.59. The Morgan fingerprint density at radius 2 is 2.50 bits per heavy atom. The van der Waals surface area contributed by atoms with Crippen molar-refractivity contribution in [3.05, 3.63) is 23.0 Å². The third-order valence-corrected chi connectivity index (χ3v) is 3.03. The van der Waals surface area contributed by atoms with Gasteiger partial charge in [0, 0.05) is 17.4 Å². The maximum atomic E-state index is 6.06. The third kappa shape index (κ3) is 1.34. The number of aromatic nitrogens is 1. The van der Waals surface area contributed by atoms with Crippen molar-refractivity contribution in [1.29, 1.82) is 0 Å². The van der Waals surface area contributed by atoms with Crippen LogP contribution in [0.3, 0.4) is 0 Å². The summed E-state index contributed by atoms with van der Waals surface area (Å²) in [6.07, 6.45) is 8.76. The van der Waals surface area contributed by atoms with Crippen LogP contribution in [0.1, 0.15) is 35.8 Å². The lowest BCUT2D eigenvalue weighted by Crippen LogP contribution is -2.18. The zero-order chi connectivity index (χ0) is 10.1. The van der Waals surface area contributed by atoms with Gasteiger partial charge in [-0.1, -0.05) is 5.92 Å². The molecule has 0 amide bonds. The third-order valence-electron chi connectivity index (χ3n) is 3.03. The molecule has 0 aliphatic heterocycles. The van der Waals surface area contributed by atoms with Crippen molar-refractivity contribution in [1.82, 2.24) is 4.57 Å². The van der Waals surface area contributed by atoms with Crippen molar-refractivity contribution in [3.8, 4) is 12.3 Å². The van der Waals surface area contributed by atoms with E-state index >= 15 is 0 Å². The summed E-state index contributed by atoms with van der Waals surface area (Å²) < 4.78 is 2.22. The molecule has 1 atom stereocenters. The van der Waals surface area contributed by atoms with Crippen molar-refractivity contribution in [3.63, 3.8) is 0 Å². The normalized spacial score (nSPS) is 20.2. The fourth-order valence-electron chi connectivity index (χ4n) is 2.31. The number of hydrogen-bond acceptors (Lipinski definition) is 1. The first-order valence-electron chi connectivity index (χ1n) is 5.12. The minimum atomic E-state index is 0.219. The van der Waals surface area contributed by atoms with Crippen molar-refractivity contribution in [2.24, 2.45) is 5.73 Å². The van der Waals surface area contributed by atoms with Crippen LogP contribution in [0.4, 0.5) is 0 Å². The maximum absolute atomic E-state index is 6.06. The van der Waals surface area contributed by atoms with E-state index in [1.807, 2.05) is 0 Å². The Kier molecular flexibility index (Phi) is 2.35. The van der Waals surface area contributed by atoms with E-state index in [0.29, 0.717) is 6.54 Å². The zero-order valence-electron chi connectivity index (χ0n) is 8.59. The van der Waals surface area contributed by atoms with Gasteiger partial charge >= 0.3 is 0 Å². The summed E-state index contributed by atoms with van der Waals surface area (Å²) in [5, 5.41) is 0. The van der Waals surface area contributed by atoms with Crippen molar-refractivity contribution in [2.45, 2.75) is 38.8 Å². The Morgan fingerprint density at radius 3 is 3.21 bits per heavy atom. The van der Waals surface area contributed by atoms with E-state index in [1.54, 1.807) is 0 Å². The molecule has 1 heterocycles. The first kappa shape index (κ1) is 9.36. The van der Waals surface area contributed by atoms with E-state index in [1.165, 1.54) is 23.4 Å². The Labute approximate surface area is 85.1 Å². The van der Waals surface area contributed by atoms with Crippen LogP contribution in [0.15, 0.2) is 6.07 Å². The van der Waals surface area contributed by atoms with Gasteiger partial charge in [-0.05, 0) is 37.8 Å². The summed E-state index contributed by atoms with van der Waals surface area (Å²) >= 11 is 0. The summed E-state index contributed by atoms with van der Waals surface area (Å²) in [7, 11) is 0. The summed E-state index contributed by atoms with van der Waals surface area (Å²) in [6, 6.07) is 2.41. The lowest BCUT2D eigenvalue weighted by molar-refractivity contribution is 0.549. The van der Waals surface area contributed by atoms with Crippen LogP contribution in [0.5, 0.6) is 0 Å². The van der Waals surface area contributed by atoms with Crippen LogP contribution in [-0.2, 0) is 13.0 Å². The van der Waals surface area contributed by atoms with E-state index in [9.17, 15) is 0 Å². The van der Waals surface area contributed by atoms with Crippen molar-refractivity contribution >= 4 is 0 Å². The van der Waals surface area contributed by atoms with Crippen molar-refractivity contribution < 1.29 is 0 Å². The lowest BCUT2D eigenvalue weighted by atomic mass is 9.93. The van der Waals surface area contributed by atoms with Gasteiger partial charge < -0.3 is 10.3 Å². The summed E-state index contributed by atoms with van der Waals surface area (Å²) in [6.45, 7) is 2.77. The second-order valence-electron chi connectivity index (χ2n) is 3.98. The van der Waals surface area contributed by atoms with E-state index in [0.717, 1.165) is 12.8 Å². The molecule has 2 rings (SSSR count). The van der Waals surface area contributed by atoms with Crippen LogP contribution in [0, 0.1) is 19.3 Å². The van der Waals surface area contributed by atoms with Gasteiger partial charge in [0.2, 0.25) is 0 Å². The highest BCUT2D eigenvalue weighted by Crippen LogP contribution is 2.30. The standard InChI is InChI=1S/C12H16N2/c1-3-7-14-9(2)8-10-11(13)5-4-6-12(10)14/h1,8,11H,4-7,13H2,2H3. The Balaban J connectivity index is 2.47. The van der Waals surface area contributed by atoms with Crippen LogP contribution >= 0.6 is 0 Å². The molecule has 0 spiro atoms. The number of terminal acetylenes is 1. The van der Waals surface area contributed by atoms with E-state index in [2.05, 4.69) is 23.5 Å². The molecule has 0 radical (unpaired) electrons. The van der Waals surface area contributed by atoms with Gasteiger partial charge in [-0.15, -0.1) is 6.42 Å². The topological polar surface area (TPSA) is 30.9 Å². The van der Waals surface area contributed by atoms with E-state index in [4.69, 9.17) is 12.2 Å². The Hall–Kier alpha value is -1.20. The molecule has 2 nitrogen and oxygen atoms in total. The molecule has 1 aromatic rings. The number of rotatable bonds is 1. The van der Waals surface area contributed by atoms with Gasteiger partial charge in [0.15, 0.2) is 0 Å². The summed E-state index contributed by atoms with van der Waals surface area (Å²) in [5.74, 6) is 2.70. The predicted molar refractivity (Wildman–Crippen MR) is 57.9 cm³/mol. The lowest BCUT2D eigenvalue weighted by Gasteiger charge is -2.20. The maximum Gasteiger partial charge on any atom is 0.0834 e. The second kappa shape index (κ2) is 3.51. The SMILES string of the molecule is C#CCn1c(C)cc2c1CCCC2N. The van der Waals surface area contributed by atoms with Gasteiger partial charge in [0.25, 0.3) is 0 Å². The van der Waals surface area contributed by atoms with Crippen LogP contribution in [0.25, 0.3) is 0 Å². The first-order valence-corrected chi connectivity index (χ1v) is 5.12. The minimum absolute atomic E-state index is 0.219. The molecular weight excluding hydrogens is 172 g/mol. The summed E-state index contributed by atoms with van der Waals surface area (Å²) in [5.41, 5.74) is 9.97. The fourth-order valence-corrected chi connectivity index (χ4v) is 2.31. The molecule has 0 saturated heterocycles. The highest BCUT2D eigenvalue weighted by molar-refractivity contribution is 5.33. The smallest absolute Gasteiger partial charge is 0.0834 e. The molecule has 1 unspecified atom stereocenters. The number of aryl methyl sites for hydroxylation is 1. The fraction of sp³-hybridized carbons (Fsp3) is 0.500. The van der Waals surface area contributed by atoms with E-state index in [-0.39, 0.29) is 6.04 Å². The number of nitrogens with zero attached hydrogens (tertiary/aromatic N) is 1. The molecule has 14 heavy (non-hydrogen) atoms. The monoisotopic (exact) mass is 188 g/mol. The number of fused-ring (bicyclic) bond motifs is 1. The molecule has 0 bridgehead atoms. The number of hydrogen-bond donors (Lipinski definition) is 1. The van der Waals surface area contributed by atoms with Crippen LogP contribution < -0.4 is 5.73 Å². The quantitative estimate of drug-likeness (QED) is 0.669. The average molecular weight is 188 g/mol. The predicted octanol–water partition coefficient (Wildman–Crippen LogP) is 1.77. The van der Waals surface area contributed by atoms with Gasteiger partial charge in [-0.3, -0.25) is 0 Å². The molecule has 2 N–H and O–H groups in total. The second-order valence-corrected chi connectivity index (χ2v) is 3.98. The highest BCUT2D eigenvalue weighted by atomic mass is 15.0. The van der Waals surface area contributed by atoms with E-state index < -0.39 is 0 Å². The van der Waals surface area contributed by atoms with Gasteiger partial charge in [0.1, 0.15) is 0 Å². The van der Waals surface area contributed by atoms with Crippen LogP contribution in [0.2, 0.25) is 0 Å². The molecular formula is C12H16N2. The molecule has 0 fully saturated rings.